The van der Waals surface area contributed by atoms with Crippen molar-refractivity contribution < 1.29 is 9.59 Å². The van der Waals surface area contributed by atoms with Crippen LogP contribution in [0.15, 0.2) is 54.6 Å². The molecule has 2 aromatic carbocycles. The summed E-state index contributed by atoms with van der Waals surface area (Å²) in [6, 6.07) is 18.8. The van der Waals surface area contributed by atoms with Gasteiger partial charge in [-0.25, -0.2) is 4.79 Å². The predicted octanol–water partition coefficient (Wildman–Crippen LogP) is 5.33. The van der Waals surface area contributed by atoms with Crippen molar-refractivity contribution in [3.63, 3.8) is 0 Å². The maximum absolute atomic E-state index is 13.2. The van der Waals surface area contributed by atoms with E-state index in [4.69, 9.17) is 0 Å². The topological polar surface area (TPSA) is 64.7 Å². The van der Waals surface area contributed by atoms with Gasteiger partial charge in [-0.3, -0.25) is 9.69 Å². The molecule has 35 heavy (non-hydrogen) atoms. The van der Waals surface area contributed by atoms with Gasteiger partial charge in [0, 0.05) is 50.4 Å². The van der Waals surface area contributed by atoms with Gasteiger partial charge in [-0.2, -0.15) is 0 Å². The second-order valence-electron chi connectivity index (χ2n) is 10.1. The first-order valence-corrected chi connectivity index (χ1v) is 13.3. The normalized spacial score (nSPS) is 17.6. The van der Waals surface area contributed by atoms with E-state index in [1.54, 1.807) is 0 Å². The zero-order valence-electron chi connectivity index (χ0n) is 21.0. The second-order valence-corrected chi connectivity index (χ2v) is 10.1. The summed E-state index contributed by atoms with van der Waals surface area (Å²) in [5.74, 6) is 0.0516. The highest BCUT2D eigenvalue weighted by Gasteiger charge is 2.27. The molecule has 6 heteroatoms. The molecule has 188 valence electrons. The Kier molecular flexibility index (Phi) is 9.18. The Hall–Kier alpha value is -2.86. The summed E-state index contributed by atoms with van der Waals surface area (Å²) in [7, 11) is 0. The minimum atomic E-state index is -0.0930. The van der Waals surface area contributed by atoms with Gasteiger partial charge in [-0.1, -0.05) is 61.7 Å². The van der Waals surface area contributed by atoms with Crippen LogP contribution in [-0.4, -0.2) is 53.5 Å². The van der Waals surface area contributed by atoms with Crippen LogP contribution < -0.4 is 10.6 Å². The number of nitrogens with zero attached hydrogens (tertiary/aromatic N) is 2. The van der Waals surface area contributed by atoms with Gasteiger partial charge in [-0.15, -0.1) is 0 Å². The fraction of sp³-hybridized carbons (Fsp3) is 0.517. The van der Waals surface area contributed by atoms with Crippen molar-refractivity contribution >= 4 is 17.6 Å². The summed E-state index contributed by atoms with van der Waals surface area (Å²) < 4.78 is 0. The van der Waals surface area contributed by atoms with Gasteiger partial charge in [0.1, 0.15) is 0 Å². The van der Waals surface area contributed by atoms with Gasteiger partial charge >= 0.3 is 6.03 Å². The first-order valence-electron chi connectivity index (χ1n) is 13.3. The maximum Gasteiger partial charge on any atom is 0.322 e. The Morgan fingerprint density at radius 1 is 0.943 bits per heavy atom. The average Bonchev–Trinajstić information content (AvgIpc) is 2.87. The van der Waals surface area contributed by atoms with E-state index in [2.05, 4.69) is 39.8 Å². The van der Waals surface area contributed by atoms with Crippen molar-refractivity contribution in [1.29, 1.82) is 0 Å². The largest absolute Gasteiger partial charge is 0.353 e. The molecule has 2 fully saturated rings. The van der Waals surface area contributed by atoms with Crippen LogP contribution in [0.1, 0.15) is 62.5 Å². The number of anilines is 1. The smallest absolute Gasteiger partial charge is 0.322 e. The summed E-state index contributed by atoms with van der Waals surface area (Å²) >= 11 is 0. The van der Waals surface area contributed by atoms with Gasteiger partial charge in [-0.05, 0) is 55.9 Å². The number of hydrogen-bond donors (Lipinski definition) is 2. The van der Waals surface area contributed by atoms with Crippen LogP contribution in [0.25, 0.3) is 0 Å². The van der Waals surface area contributed by atoms with E-state index in [1.807, 2.05) is 42.2 Å². The molecule has 0 aromatic heterocycles. The highest BCUT2D eigenvalue weighted by molar-refractivity contribution is 5.90. The molecule has 2 N–H and O–H groups in total. The summed E-state index contributed by atoms with van der Waals surface area (Å²) in [6.45, 7) is 5.43. The number of carbonyl (C=O) groups is 2. The van der Waals surface area contributed by atoms with Crippen LogP contribution in [0, 0.1) is 6.92 Å². The van der Waals surface area contributed by atoms with Crippen molar-refractivity contribution in [2.45, 2.75) is 76.9 Å². The monoisotopic (exact) mass is 476 g/mol. The molecule has 3 amide bonds. The molecule has 1 saturated carbocycles. The molecule has 0 atom stereocenters. The Labute approximate surface area is 210 Å². The average molecular weight is 477 g/mol. The zero-order chi connectivity index (χ0) is 24.5. The van der Waals surface area contributed by atoms with Crippen LogP contribution >= 0.6 is 0 Å². The van der Waals surface area contributed by atoms with Crippen LogP contribution in [0.5, 0.6) is 0 Å². The molecule has 4 rings (SSSR count). The molecule has 1 aliphatic heterocycles. The molecular formula is C29H40N4O2. The van der Waals surface area contributed by atoms with Crippen LogP contribution in [0.2, 0.25) is 0 Å². The van der Waals surface area contributed by atoms with Crippen LogP contribution in [0.4, 0.5) is 10.5 Å². The number of hydrogen-bond acceptors (Lipinski definition) is 3. The summed E-state index contributed by atoms with van der Waals surface area (Å²) in [5, 5.41) is 6.29. The maximum atomic E-state index is 13.2. The number of urea groups is 1. The summed E-state index contributed by atoms with van der Waals surface area (Å²) in [4.78, 5) is 30.4. The number of piperidine rings is 1. The third-order valence-electron chi connectivity index (χ3n) is 7.33. The number of likely N-dealkylation sites (tertiary alicyclic amines) is 1. The van der Waals surface area contributed by atoms with Crippen molar-refractivity contribution in [3.05, 3.63) is 65.7 Å². The van der Waals surface area contributed by atoms with E-state index in [0.717, 1.165) is 69.4 Å². The lowest BCUT2D eigenvalue weighted by atomic mass is 9.94. The number of carbonyl (C=O) groups excluding carboxylic acids is 2. The van der Waals surface area contributed by atoms with E-state index in [-0.39, 0.29) is 24.0 Å². The molecule has 1 saturated heterocycles. The molecule has 1 aliphatic carbocycles. The molecule has 6 nitrogen and oxygen atoms in total. The van der Waals surface area contributed by atoms with E-state index in [0.29, 0.717) is 13.0 Å². The lowest BCUT2D eigenvalue weighted by molar-refractivity contribution is -0.122. The number of rotatable bonds is 8. The minimum absolute atomic E-state index is 0.0516. The molecule has 0 radical (unpaired) electrons. The number of amides is 3. The SMILES string of the molecule is Cc1cccc(NC(=O)N(CCC(=O)NC2CCN(Cc3ccccc3)CC2)C2CCCCC2)c1. The number of nitrogens with one attached hydrogen (secondary N) is 2. The lowest BCUT2D eigenvalue weighted by Crippen LogP contribution is -2.47. The molecule has 0 bridgehead atoms. The first-order chi connectivity index (χ1) is 17.1. The third kappa shape index (κ3) is 7.82. The molecule has 0 unspecified atom stereocenters. The number of aryl methyl sites for hydroxylation is 1. The Bertz CT molecular complexity index is 950. The number of benzene rings is 2. The van der Waals surface area contributed by atoms with Crippen molar-refractivity contribution in [2.75, 3.05) is 25.0 Å². The fourth-order valence-electron chi connectivity index (χ4n) is 5.36. The summed E-state index contributed by atoms with van der Waals surface area (Å²) in [6.07, 6.45) is 7.84. The zero-order valence-corrected chi connectivity index (χ0v) is 21.0. The van der Waals surface area contributed by atoms with E-state index in [9.17, 15) is 9.59 Å². The molecule has 2 aliphatic rings. The van der Waals surface area contributed by atoms with Crippen LogP contribution in [-0.2, 0) is 11.3 Å². The highest BCUT2D eigenvalue weighted by Crippen LogP contribution is 2.24. The minimum Gasteiger partial charge on any atom is -0.353 e. The van der Waals surface area contributed by atoms with E-state index < -0.39 is 0 Å². The Morgan fingerprint density at radius 3 is 2.40 bits per heavy atom. The summed E-state index contributed by atoms with van der Waals surface area (Å²) in [5.41, 5.74) is 3.26. The third-order valence-corrected chi connectivity index (χ3v) is 7.33. The second kappa shape index (κ2) is 12.7. The Morgan fingerprint density at radius 2 is 1.69 bits per heavy atom. The van der Waals surface area contributed by atoms with Gasteiger partial charge in [0.05, 0.1) is 0 Å². The molecule has 0 spiro atoms. The fourth-order valence-corrected chi connectivity index (χ4v) is 5.36. The van der Waals surface area contributed by atoms with Gasteiger partial charge in [0.15, 0.2) is 0 Å². The first kappa shape index (κ1) is 25.2. The van der Waals surface area contributed by atoms with Crippen LogP contribution in [0.3, 0.4) is 0 Å². The Balaban J connectivity index is 1.25. The highest BCUT2D eigenvalue weighted by atomic mass is 16.2. The van der Waals surface area contributed by atoms with Gasteiger partial charge in [0.25, 0.3) is 0 Å². The quantitative estimate of drug-likeness (QED) is 0.541. The van der Waals surface area contributed by atoms with E-state index >= 15 is 0 Å². The lowest BCUT2D eigenvalue weighted by Gasteiger charge is -2.35. The van der Waals surface area contributed by atoms with Crippen molar-refractivity contribution in [3.8, 4) is 0 Å². The molecular weight excluding hydrogens is 436 g/mol. The van der Waals surface area contributed by atoms with Crippen molar-refractivity contribution in [1.82, 2.24) is 15.1 Å². The van der Waals surface area contributed by atoms with E-state index in [1.165, 1.54) is 12.0 Å². The standard InChI is InChI=1S/C29H40N4O2/c1-23-9-8-12-26(21-23)31-29(35)33(27-13-6-3-7-14-27)20-17-28(34)30-25-15-18-32(19-16-25)22-24-10-4-2-5-11-24/h2,4-5,8-12,21,25,27H,3,6-7,13-20,22H2,1H3,(H,30,34)(H,31,35). The molecule has 1 heterocycles. The van der Waals surface area contributed by atoms with Gasteiger partial charge in [0.2, 0.25) is 5.91 Å². The van der Waals surface area contributed by atoms with Gasteiger partial charge < -0.3 is 15.5 Å². The predicted molar refractivity (Wildman–Crippen MR) is 141 cm³/mol. The van der Waals surface area contributed by atoms with Crippen molar-refractivity contribution in [2.24, 2.45) is 0 Å². The molecule has 2 aromatic rings.